The lowest BCUT2D eigenvalue weighted by Gasteiger charge is -2.08. The van der Waals surface area contributed by atoms with E-state index in [0.717, 1.165) is 42.0 Å². The van der Waals surface area contributed by atoms with E-state index in [9.17, 15) is 0 Å². The Kier molecular flexibility index (Phi) is 4.71. The fourth-order valence-electron chi connectivity index (χ4n) is 2.44. The molecule has 22 heavy (non-hydrogen) atoms. The summed E-state index contributed by atoms with van der Waals surface area (Å²) in [5.74, 6) is 1.59. The summed E-state index contributed by atoms with van der Waals surface area (Å²) in [5.41, 5.74) is 1.95. The van der Waals surface area contributed by atoms with Gasteiger partial charge in [0.15, 0.2) is 0 Å². The summed E-state index contributed by atoms with van der Waals surface area (Å²) in [6, 6.07) is 17.6. The zero-order valence-corrected chi connectivity index (χ0v) is 12.3. The molecular formula is C18H19NO3. The number of hydrogen-bond acceptors (Lipinski definition) is 4. The average molecular weight is 297 g/mol. The lowest BCUT2D eigenvalue weighted by molar-refractivity contribution is 0.0732. The molecule has 0 bridgehead atoms. The molecule has 1 N–H and O–H groups in total. The number of aliphatic hydroxyl groups is 1. The smallest absolute Gasteiger partial charge is 0.133 e. The predicted molar refractivity (Wildman–Crippen MR) is 85.3 cm³/mol. The van der Waals surface area contributed by atoms with Gasteiger partial charge in [0.05, 0.1) is 5.71 Å². The number of ether oxygens (including phenoxy) is 1. The van der Waals surface area contributed by atoms with Gasteiger partial charge in [-0.25, -0.2) is 0 Å². The molecule has 114 valence electrons. The van der Waals surface area contributed by atoms with Gasteiger partial charge in [-0.1, -0.05) is 35.5 Å². The fourth-order valence-corrected chi connectivity index (χ4v) is 2.44. The maximum atomic E-state index is 8.88. The van der Waals surface area contributed by atoms with Crippen molar-refractivity contribution in [1.29, 1.82) is 0 Å². The van der Waals surface area contributed by atoms with Crippen LogP contribution in [0.5, 0.6) is 11.5 Å². The third-order valence-electron chi connectivity index (χ3n) is 3.56. The highest BCUT2D eigenvalue weighted by Gasteiger charge is 2.21. The summed E-state index contributed by atoms with van der Waals surface area (Å²) < 4.78 is 5.84. The van der Waals surface area contributed by atoms with E-state index >= 15 is 0 Å². The van der Waals surface area contributed by atoms with Gasteiger partial charge in [0.1, 0.15) is 17.6 Å². The van der Waals surface area contributed by atoms with Crippen LogP contribution in [0, 0.1) is 0 Å². The Morgan fingerprint density at radius 3 is 2.73 bits per heavy atom. The van der Waals surface area contributed by atoms with Crippen LogP contribution in [0.25, 0.3) is 0 Å². The highest BCUT2D eigenvalue weighted by molar-refractivity contribution is 6.01. The Morgan fingerprint density at radius 1 is 1.09 bits per heavy atom. The first-order valence-corrected chi connectivity index (χ1v) is 7.52. The summed E-state index contributed by atoms with van der Waals surface area (Å²) in [4.78, 5) is 5.42. The molecule has 2 aromatic rings. The number of aliphatic hydroxyl groups excluding tert-OH is 1. The molecule has 0 radical (unpaired) electrons. The molecule has 0 amide bonds. The molecule has 1 aliphatic heterocycles. The Morgan fingerprint density at radius 2 is 1.91 bits per heavy atom. The molecule has 1 heterocycles. The largest absolute Gasteiger partial charge is 0.457 e. The Bertz CT molecular complexity index is 640. The minimum atomic E-state index is 0.0702. The van der Waals surface area contributed by atoms with Gasteiger partial charge in [-0.2, -0.15) is 0 Å². The summed E-state index contributed by atoms with van der Waals surface area (Å²) >= 11 is 0. The molecule has 0 saturated carbocycles. The van der Waals surface area contributed by atoms with Gasteiger partial charge in [-0.05, 0) is 37.1 Å². The molecular weight excluding hydrogens is 278 g/mol. The fraction of sp³-hybridized carbons (Fsp3) is 0.278. The van der Waals surface area contributed by atoms with Crippen molar-refractivity contribution in [3.8, 4) is 11.5 Å². The van der Waals surface area contributed by atoms with Crippen molar-refractivity contribution < 1.29 is 14.7 Å². The van der Waals surface area contributed by atoms with Crippen LogP contribution in [0.3, 0.4) is 0 Å². The minimum absolute atomic E-state index is 0.0702. The second-order valence-electron chi connectivity index (χ2n) is 5.28. The van der Waals surface area contributed by atoms with Gasteiger partial charge in [0.2, 0.25) is 0 Å². The third-order valence-corrected chi connectivity index (χ3v) is 3.56. The molecule has 1 atom stereocenters. The normalized spacial score (nSPS) is 17.0. The van der Waals surface area contributed by atoms with Gasteiger partial charge in [-0.15, -0.1) is 0 Å². The van der Waals surface area contributed by atoms with E-state index in [0.29, 0.717) is 0 Å². The lowest BCUT2D eigenvalue weighted by atomic mass is 10.0. The van der Waals surface area contributed by atoms with E-state index in [4.69, 9.17) is 14.7 Å². The standard InChI is InChI=1S/C18H19NO3/c20-11-5-10-17-13-18(19-22-17)14-6-4-9-16(12-14)21-15-7-2-1-3-8-15/h1-4,6-9,12,17,20H,5,10-11,13H2. The average Bonchev–Trinajstić information content (AvgIpc) is 3.03. The number of para-hydroxylation sites is 1. The van der Waals surface area contributed by atoms with Crippen molar-refractivity contribution in [1.82, 2.24) is 0 Å². The second kappa shape index (κ2) is 7.09. The van der Waals surface area contributed by atoms with Crippen LogP contribution in [-0.4, -0.2) is 23.5 Å². The van der Waals surface area contributed by atoms with Crippen LogP contribution < -0.4 is 4.74 Å². The molecule has 0 spiro atoms. The van der Waals surface area contributed by atoms with Gasteiger partial charge in [0, 0.05) is 18.6 Å². The molecule has 1 aliphatic rings. The Labute approximate surface area is 130 Å². The van der Waals surface area contributed by atoms with Crippen LogP contribution >= 0.6 is 0 Å². The minimum Gasteiger partial charge on any atom is -0.457 e. The van der Waals surface area contributed by atoms with Crippen LogP contribution in [0.15, 0.2) is 59.8 Å². The summed E-state index contributed by atoms with van der Waals surface area (Å²) in [7, 11) is 0. The summed E-state index contributed by atoms with van der Waals surface area (Å²) in [5, 5.41) is 13.0. The van der Waals surface area contributed by atoms with Gasteiger partial charge in [0.25, 0.3) is 0 Å². The van der Waals surface area contributed by atoms with Gasteiger partial charge < -0.3 is 14.7 Å². The third kappa shape index (κ3) is 3.65. The number of nitrogens with zero attached hydrogens (tertiary/aromatic N) is 1. The quantitative estimate of drug-likeness (QED) is 0.883. The maximum absolute atomic E-state index is 8.88. The topological polar surface area (TPSA) is 51.0 Å². The second-order valence-corrected chi connectivity index (χ2v) is 5.28. The van der Waals surface area contributed by atoms with Gasteiger partial charge in [-0.3, -0.25) is 0 Å². The number of benzene rings is 2. The first-order chi connectivity index (χ1) is 10.8. The Balaban J connectivity index is 1.67. The highest BCUT2D eigenvalue weighted by Crippen LogP contribution is 2.25. The summed E-state index contributed by atoms with van der Waals surface area (Å²) in [6.07, 6.45) is 2.41. The van der Waals surface area contributed by atoms with E-state index in [2.05, 4.69) is 5.16 Å². The molecule has 4 heteroatoms. The summed E-state index contributed by atoms with van der Waals surface area (Å²) in [6.45, 7) is 0.190. The SMILES string of the molecule is OCCCC1CC(c2cccc(Oc3ccccc3)c2)=NO1. The Hall–Kier alpha value is -2.33. The van der Waals surface area contributed by atoms with Gasteiger partial charge >= 0.3 is 0 Å². The highest BCUT2D eigenvalue weighted by atomic mass is 16.6. The van der Waals surface area contributed by atoms with Crippen molar-refractivity contribution in [2.24, 2.45) is 5.16 Å². The molecule has 0 aliphatic carbocycles. The van der Waals surface area contributed by atoms with E-state index in [-0.39, 0.29) is 12.7 Å². The van der Waals surface area contributed by atoms with Crippen LogP contribution in [-0.2, 0) is 4.84 Å². The molecule has 0 aromatic heterocycles. The molecule has 0 fully saturated rings. The van der Waals surface area contributed by atoms with Crippen molar-refractivity contribution in [2.75, 3.05) is 6.61 Å². The molecule has 1 unspecified atom stereocenters. The van der Waals surface area contributed by atoms with E-state index in [1.165, 1.54) is 0 Å². The van der Waals surface area contributed by atoms with E-state index in [1.807, 2.05) is 54.6 Å². The zero-order valence-electron chi connectivity index (χ0n) is 12.3. The lowest BCUT2D eigenvalue weighted by Crippen LogP contribution is -2.09. The number of rotatable bonds is 6. The van der Waals surface area contributed by atoms with Crippen molar-refractivity contribution >= 4 is 5.71 Å². The number of oxime groups is 1. The zero-order chi connectivity index (χ0) is 15.2. The van der Waals surface area contributed by atoms with Crippen molar-refractivity contribution in [3.63, 3.8) is 0 Å². The first kappa shape index (κ1) is 14.6. The van der Waals surface area contributed by atoms with E-state index in [1.54, 1.807) is 0 Å². The first-order valence-electron chi connectivity index (χ1n) is 7.52. The maximum Gasteiger partial charge on any atom is 0.133 e. The van der Waals surface area contributed by atoms with Crippen LogP contribution in [0.1, 0.15) is 24.8 Å². The predicted octanol–water partition coefficient (Wildman–Crippen LogP) is 3.74. The monoisotopic (exact) mass is 297 g/mol. The molecule has 2 aromatic carbocycles. The van der Waals surface area contributed by atoms with E-state index < -0.39 is 0 Å². The van der Waals surface area contributed by atoms with Crippen LogP contribution in [0.4, 0.5) is 0 Å². The van der Waals surface area contributed by atoms with Crippen molar-refractivity contribution in [3.05, 3.63) is 60.2 Å². The van der Waals surface area contributed by atoms with Crippen molar-refractivity contribution in [2.45, 2.75) is 25.4 Å². The number of hydrogen-bond donors (Lipinski definition) is 1. The molecule has 0 saturated heterocycles. The molecule has 3 rings (SSSR count). The van der Waals surface area contributed by atoms with Crippen LogP contribution in [0.2, 0.25) is 0 Å². The molecule has 4 nitrogen and oxygen atoms in total.